The highest BCUT2D eigenvalue weighted by Gasteiger charge is 2.19. The summed E-state index contributed by atoms with van der Waals surface area (Å²) < 4.78 is 10.8. The zero-order chi connectivity index (χ0) is 16.7. The Labute approximate surface area is 135 Å². The fourth-order valence-electron chi connectivity index (χ4n) is 2.44. The van der Waals surface area contributed by atoms with Crippen molar-refractivity contribution >= 4 is 11.5 Å². The molecule has 7 nitrogen and oxygen atoms in total. The van der Waals surface area contributed by atoms with Crippen LogP contribution in [-0.4, -0.2) is 55.1 Å². The minimum Gasteiger partial charge on any atom is -0.485 e. The quantitative estimate of drug-likeness (QED) is 0.415. The lowest BCUT2D eigenvalue weighted by Gasteiger charge is -2.26. The van der Waals surface area contributed by atoms with Crippen LogP contribution in [0.3, 0.4) is 0 Å². The van der Waals surface area contributed by atoms with Crippen molar-refractivity contribution in [3.63, 3.8) is 0 Å². The monoisotopic (exact) mass is 322 g/mol. The van der Waals surface area contributed by atoms with Gasteiger partial charge in [-0.1, -0.05) is 6.92 Å². The number of benzene rings is 1. The summed E-state index contributed by atoms with van der Waals surface area (Å²) in [7, 11) is 0. The highest BCUT2D eigenvalue weighted by Crippen LogP contribution is 2.28. The van der Waals surface area contributed by atoms with Crippen LogP contribution in [0.2, 0.25) is 0 Å². The van der Waals surface area contributed by atoms with Crippen molar-refractivity contribution < 1.29 is 19.2 Å². The molecule has 0 radical (unpaired) electrons. The number of carbonyl (C=O) groups excluding carboxylic acids is 1. The van der Waals surface area contributed by atoms with E-state index in [1.807, 2.05) is 6.92 Å². The normalized spacial score (nSPS) is 15.3. The first-order valence-corrected chi connectivity index (χ1v) is 7.86. The molecular formula is C16H22N2O5. The van der Waals surface area contributed by atoms with Gasteiger partial charge in [-0.2, -0.15) is 0 Å². The van der Waals surface area contributed by atoms with Gasteiger partial charge in [-0.25, -0.2) is 0 Å². The van der Waals surface area contributed by atoms with Gasteiger partial charge in [0.1, 0.15) is 6.61 Å². The van der Waals surface area contributed by atoms with Crippen molar-refractivity contribution in [2.24, 2.45) is 0 Å². The summed E-state index contributed by atoms with van der Waals surface area (Å²) in [6.07, 6.45) is 1.10. The second-order valence-corrected chi connectivity index (χ2v) is 5.42. The molecule has 0 aromatic heterocycles. The average Bonchev–Trinajstić information content (AvgIpc) is 2.56. The van der Waals surface area contributed by atoms with Crippen LogP contribution in [0, 0.1) is 10.1 Å². The van der Waals surface area contributed by atoms with Gasteiger partial charge in [0.05, 0.1) is 18.1 Å². The second-order valence-electron chi connectivity index (χ2n) is 5.42. The molecule has 2 rings (SSSR count). The Morgan fingerprint density at radius 1 is 1.39 bits per heavy atom. The summed E-state index contributed by atoms with van der Waals surface area (Å²) in [5.74, 6) is 0.117. The first-order valence-electron chi connectivity index (χ1n) is 7.86. The summed E-state index contributed by atoms with van der Waals surface area (Å²) in [6, 6.07) is 4.41. The highest BCUT2D eigenvalue weighted by atomic mass is 16.6. The van der Waals surface area contributed by atoms with Crippen molar-refractivity contribution in [1.82, 2.24) is 4.90 Å². The lowest BCUT2D eigenvalue weighted by atomic mass is 10.1. The molecule has 126 valence electrons. The minimum absolute atomic E-state index is 0.0875. The van der Waals surface area contributed by atoms with E-state index in [1.165, 1.54) is 12.1 Å². The predicted octanol–water partition coefficient (Wildman–Crippen LogP) is 2.29. The molecular weight excluding hydrogens is 300 g/mol. The average molecular weight is 322 g/mol. The number of rotatable bonds is 8. The number of hydrogen-bond acceptors (Lipinski definition) is 6. The Morgan fingerprint density at radius 2 is 2.13 bits per heavy atom. The highest BCUT2D eigenvalue weighted by molar-refractivity contribution is 5.96. The molecule has 1 saturated heterocycles. The van der Waals surface area contributed by atoms with Gasteiger partial charge in [0, 0.05) is 37.7 Å². The van der Waals surface area contributed by atoms with Crippen LogP contribution in [0.25, 0.3) is 0 Å². The van der Waals surface area contributed by atoms with E-state index in [4.69, 9.17) is 9.47 Å². The van der Waals surface area contributed by atoms with Gasteiger partial charge in [0.15, 0.2) is 11.5 Å². The first kappa shape index (κ1) is 17.4. The third-order valence-electron chi connectivity index (χ3n) is 3.72. The Kier molecular flexibility index (Phi) is 6.49. The number of nitro groups is 1. The number of ether oxygens (including phenoxy) is 2. The van der Waals surface area contributed by atoms with Crippen molar-refractivity contribution in [3.05, 3.63) is 33.9 Å². The van der Waals surface area contributed by atoms with Gasteiger partial charge in [-0.15, -0.1) is 0 Å². The topological polar surface area (TPSA) is 81.9 Å². The minimum atomic E-state index is -0.507. The Morgan fingerprint density at radius 3 is 2.78 bits per heavy atom. The van der Waals surface area contributed by atoms with Gasteiger partial charge >= 0.3 is 5.69 Å². The van der Waals surface area contributed by atoms with E-state index >= 15 is 0 Å². The number of nitro benzene ring substituents is 1. The molecule has 1 aromatic carbocycles. The van der Waals surface area contributed by atoms with Crippen LogP contribution in [0.15, 0.2) is 18.2 Å². The van der Waals surface area contributed by atoms with Crippen molar-refractivity contribution in [1.29, 1.82) is 0 Å². The summed E-state index contributed by atoms with van der Waals surface area (Å²) >= 11 is 0. The zero-order valence-electron chi connectivity index (χ0n) is 13.3. The van der Waals surface area contributed by atoms with Crippen LogP contribution >= 0.6 is 0 Å². The van der Waals surface area contributed by atoms with E-state index in [-0.39, 0.29) is 17.2 Å². The molecule has 1 fully saturated rings. The van der Waals surface area contributed by atoms with E-state index < -0.39 is 4.92 Å². The third kappa shape index (κ3) is 5.01. The molecule has 0 N–H and O–H groups in total. The third-order valence-corrected chi connectivity index (χ3v) is 3.72. The van der Waals surface area contributed by atoms with Gasteiger partial charge < -0.3 is 9.47 Å². The van der Waals surface area contributed by atoms with Crippen LogP contribution in [0.1, 0.15) is 30.1 Å². The first-order chi connectivity index (χ1) is 11.1. The lowest BCUT2D eigenvalue weighted by Crippen LogP contribution is -2.38. The fraction of sp³-hybridized carbons (Fsp3) is 0.562. The Hall–Kier alpha value is -1.99. The molecule has 1 aliphatic rings. The van der Waals surface area contributed by atoms with Gasteiger partial charge in [-0.3, -0.25) is 19.8 Å². The van der Waals surface area contributed by atoms with E-state index in [9.17, 15) is 14.9 Å². The molecule has 0 saturated carbocycles. The van der Waals surface area contributed by atoms with Crippen molar-refractivity contribution in [2.75, 3.05) is 39.5 Å². The molecule has 23 heavy (non-hydrogen) atoms. The van der Waals surface area contributed by atoms with E-state index in [0.29, 0.717) is 44.8 Å². The number of hydrogen-bond donors (Lipinski definition) is 0. The van der Waals surface area contributed by atoms with Crippen molar-refractivity contribution in [3.8, 4) is 5.75 Å². The maximum absolute atomic E-state index is 11.9. The number of Topliss-reactive ketones (excluding diaryl/α,β-unsaturated/α-hetero) is 1. The lowest BCUT2D eigenvalue weighted by molar-refractivity contribution is -0.385. The smallest absolute Gasteiger partial charge is 0.311 e. The van der Waals surface area contributed by atoms with Crippen molar-refractivity contribution in [2.45, 2.75) is 19.8 Å². The molecule has 0 atom stereocenters. The summed E-state index contributed by atoms with van der Waals surface area (Å²) in [4.78, 5) is 24.8. The molecule has 1 heterocycles. The maximum Gasteiger partial charge on any atom is 0.311 e. The largest absolute Gasteiger partial charge is 0.485 e. The Balaban J connectivity index is 1.99. The predicted molar refractivity (Wildman–Crippen MR) is 85.1 cm³/mol. The fourth-order valence-corrected chi connectivity index (χ4v) is 2.44. The van der Waals surface area contributed by atoms with Crippen LogP contribution in [-0.2, 0) is 4.74 Å². The van der Waals surface area contributed by atoms with E-state index in [1.54, 1.807) is 6.07 Å². The molecule has 0 bridgehead atoms. The van der Waals surface area contributed by atoms with Gasteiger partial charge in [0.2, 0.25) is 0 Å². The molecule has 7 heteroatoms. The van der Waals surface area contributed by atoms with E-state index in [2.05, 4.69) is 4.90 Å². The molecule has 0 unspecified atom stereocenters. The van der Waals surface area contributed by atoms with Crippen LogP contribution in [0.5, 0.6) is 5.75 Å². The van der Waals surface area contributed by atoms with Crippen LogP contribution < -0.4 is 4.74 Å². The summed E-state index contributed by atoms with van der Waals surface area (Å²) in [5.41, 5.74) is 0.202. The van der Waals surface area contributed by atoms with E-state index in [0.717, 1.165) is 13.1 Å². The molecule has 0 aliphatic carbocycles. The summed E-state index contributed by atoms with van der Waals surface area (Å²) in [6.45, 7) is 6.05. The Bertz CT molecular complexity index is 555. The number of morpholine rings is 1. The molecule has 0 spiro atoms. The number of carbonyl (C=O) groups is 1. The zero-order valence-corrected chi connectivity index (χ0v) is 13.3. The number of nitrogens with zero attached hydrogens (tertiary/aromatic N) is 2. The second kappa shape index (κ2) is 8.59. The van der Waals surface area contributed by atoms with Gasteiger partial charge in [-0.05, 0) is 18.6 Å². The molecule has 1 aliphatic heterocycles. The summed E-state index contributed by atoms with van der Waals surface area (Å²) in [5, 5.41) is 11.2. The standard InChI is InChI=1S/C16H22N2O5/c1-2-3-15(19)13-4-5-16(14(12-13)18(20)21)23-11-8-17-6-9-22-10-7-17/h4-5,12H,2-3,6-11H2,1H3. The van der Waals surface area contributed by atoms with Gasteiger partial charge in [0.25, 0.3) is 0 Å². The van der Waals surface area contributed by atoms with Crippen LogP contribution in [0.4, 0.5) is 5.69 Å². The SMILES string of the molecule is CCCC(=O)c1ccc(OCCN2CCOCC2)c([N+](=O)[O-])c1. The maximum atomic E-state index is 11.9. The molecule has 0 amide bonds. The number of ketones is 1. The molecule has 1 aromatic rings.